The van der Waals surface area contributed by atoms with Crippen LogP contribution in [-0.4, -0.2) is 43.3 Å². The third-order valence-electron chi connectivity index (χ3n) is 8.64. The Labute approximate surface area is 337 Å². The summed E-state index contributed by atoms with van der Waals surface area (Å²) in [6, 6.07) is 0. The van der Waals surface area contributed by atoms with Crippen molar-refractivity contribution in [1.29, 1.82) is 0 Å². The molecule has 8 nitrogen and oxygen atoms in total. The molecule has 0 fully saturated rings. The SMILES string of the molecule is CC/C=C\C/C=C\C/C=C\C/C=C\C/C=C\C/C=C\CCC(=O)OC(CO/C=C\CCCCCCCCCCCCCCCC)COP(=O)(O)OCCCN. The first-order valence-corrected chi connectivity index (χ1v) is 23.1. The highest BCUT2D eigenvalue weighted by Gasteiger charge is 2.25. The minimum atomic E-state index is -4.30. The van der Waals surface area contributed by atoms with Gasteiger partial charge in [0.05, 0.1) is 19.5 Å². The van der Waals surface area contributed by atoms with Crippen LogP contribution in [-0.2, 0) is 27.9 Å². The largest absolute Gasteiger partial charge is 0.498 e. The molecule has 3 N–H and O–H groups in total. The van der Waals surface area contributed by atoms with E-state index in [9.17, 15) is 14.3 Å². The second-order valence-electron chi connectivity index (χ2n) is 13.9. The zero-order valence-corrected chi connectivity index (χ0v) is 35.8. The average molecular weight is 790 g/mol. The van der Waals surface area contributed by atoms with Gasteiger partial charge in [0.1, 0.15) is 6.61 Å². The second kappa shape index (κ2) is 42.7. The first-order valence-electron chi connectivity index (χ1n) is 21.6. The Morgan fingerprint density at radius 1 is 0.582 bits per heavy atom. The van der Waals surface area contributed by atoms with E-state index in [0.29, 0.717) is 19.4 Å². The van der Waals surface area contributed by atoms with Gasteiger partial charge in [-0.1, -0.05) is 170 Å². The van der Waals surface area contributed by atoms with Gasteiger partial charge in [0.2, 0.25) is 0 Å². The standard InChI is InChI=1S/C46H80NO7P/c1-3-5-7-9-11-13-15-17-19-21-22-23-24-26-28-30-32-34-36-39-46(48)54-45(44-53-55(49,50)52-42-38-40-47)43-51-41-37-35-33-31-29-27-25-20-18-16-14-12-10-8-6-4-2/h5,7,11,13,17,19,22-23,26,28,32,34,37,41,45H,3-4,6,8-10,12,14-16,18,20-21,24-25,27,29-31,33,35-36,38-40,42-44,47H2,1-2H3,(H,49,50)/b7-5-,13-11-,19-17-,23-22-,28-26-,34-32-,41-37-. The summed E-state index contributed by atoms with van der Waals surface area (Å²) in [5, 5.41) is 0. The van der Waals surface area contributed by atoms with Gasteiger partial charge in [-0.05, 0) is 76.8 Å². The van der Waals surface area contributed by atoms with Gasteiger partial charge in [0.25, 0.3) is 0 Å². The minimum absolute atomic E-state index is 0.000812. The molecule has 0 spiro atoms. The van der Waals surface area contributed by atoms with Crippen LogP contribution in [0.15, 0.2) is 85.3 Å². The van der Waals surface area contributed by atoms with Gasteiger partial charge in [-0.25, -0.2) is 4.57 Å². The lowest BCUT2D eigenvalue weighted by molar-refractivity contribution is -0.153. The van der Waals surface area contributed by atoms with Gasteiger partial charge in [-0.15, -0.1) is 0 Å². The highest BCUT2D eigenvalue weighted by atomic mass is 31.2. The summed E-state index contributed by atoms with van der Waals surface area (Å²) in [7, 11) is -4.30. The Balaban J connectivity index is 4.30. The van der Waals surface area contributed by atoms with Crippen LogP contribution < -0.4 is 5.73 Å². The molecule has 0 aliphatic carbocycles. The summed E-state index contributed by atoms with van der Waals surface area (Å²) >= 11 is 0. The number of phosphoric acid groups is 1. The molecule has 0 aliphatic heterocycles. The van der Waals surface area contributed by atoms with E-state index in [4.69, 9.17) is 24.3 Å². The molecule has 316 valence electrons. The zero-order chi connectivity index (χ0) is 40.2. The fourth-order valence-electron chi connectivity index (χ4n) is 5.44. The molecule has 0 amide bonds. The van der Waals surface area contributed by atoms with Crippen molar-refractivity contribution < 1.29 is 32.8 Å². The average Bonchev–Trinajstić information content (AvgIpc) is 3.17. The number of carbonyl (C=O) groups excluding carboxylic acids is 1. The topological polar surface area (TPSA) is 117 Å². The van der Waals surface area contributed by atoms with Crippen LogP contribution >= 0.6 is 7.82 Å². The highest BCUT2D eigenvalue weighted by Crippen LogP contribution is 2.43. The monoisotopic (exact) mass is 790 g/mol. The van der Waals surface area contributed by atoms with Crippen LogP contribution in [0.5, 0.6) is 0 Å². The third-order valence-corrected chi connectivity index (χ3v) is 9.62. The second-order valence-corrected chi connectivity index (χ2v) is 15.3. The van der Waals surface area contributed by atoms with Crippen molar-refractivity contribution in [3.8, 4) is 0 Å². The minimum Gasteiger partial charge on any atom is -0.498 e. The van der Waals surface area contributed by atoms with E-state index in [0.717, 1.165) is 51.4 Å². The molecule has 0 radical (unpaired) electrons. The summed E-state index contributed by atoms with van der Waals surface area (Å²) in [4.78, 5) is 22.5. The summed E-state index contributed by atoms with van der Waals surface area (Å²) < 4.78 is 33.4. The summed E-state index contributed by atoms with van der Waals surface area (Å²) in [6.45, 7) is 4.42. The quantitative estimate of drug-likeness (QED) is 0.0207. The molecule has 0 heterocycles. The highest BCUT2D eigenvalue weighted by molar-refractivity contribution is 7.47. The molecule has 0 saturated carbocycles. The molecule has 0 aromatic carbocycles. The van der Waals surface area contributed by atoms with E-state index in [1.807, 2.05) is 18.2 Å². The molecule has 0 aliphatic rings. The van der Waals surface area contributed by atoms with E-state index in [1.54, 1.807) is 6.26 Å². The van der Waals surface area contributed by atoms with Crippen molar-refractivity contribution in [2.24, 2.45) is 5.73 Å². The molecule has 0 rings (SSSR count). The summed E-state index contributed by atoms with van der Waals surface area (Å²) in [6.07, 6.45) is 54.7. The Kier molecular flexibility index (Phi) is 40.7. The van der Waals surface area contributed by atoms with Crippen molar-refractivity contribution in [3.63, 3.8) is 0 Å². The van der Waals surface area contributed by atoms with Gasteiger partial charge in [0.15, 0.2) is 6.10 Å². The van der Waals surface area contributed by atoms with Crippen molar-refractivity contribution >= 4 is 13.8 Å². The van der Waals surface area contributed by atoms with Crippen LogP contribution in [0, 0.1) is 0 Å². The fourth-order valence-corrected chi connectivity index (χ4v) is 6.22. The van der Waals surface area contributed by atoms with Crippen LogP contribution in [0.4, 0.5) is 0 Å². The van der Waals surface area contributed by atoms with E-state index in [2.05, 4.69) is 74.6 Å². The molecular weight excluding hydrogens is 709 g/mol. The number of phosphoric ester groups is 1. The van der Waals surface area contributed by atoms with Crippen molar-refractivity contribution in [3.05, 3.63) is 85.3 Å². The van der Waals surface area contributed by atoms with E-state index in [-0.39, 0.29) is 26.2 Å². The predicted molar refractivity (Wildman–Crippen MR) is 233 cm³/mol. The number of nitrogens with two attached hydrogens (primary N) is 1. The lowest BCUT2D eigenvalue weighted by atomic mass is 10.0. The maximum atomic E-state index is 12.6. The molecule has 2 unspecified atom stereocenters. The van der Waals surface area contributed by atoms with Gasteiger partial charge in [0, 0.05) is 6.42 Å². The molecule has 0 aromatic rings. The van der Waals surface area contributed by atoms with Crippen LogP contribution in [0.25, 0.3) is 0 Å². The number of esters is 1. The van der Waals surface area contributed by atoms with Gasteiger partial charge in [-0.3, -0.25) is 13.8 Å². The summed E-state index contributed by atoms with van der Waals surface area (Å²) in [5.74, 6) is -0.431. The number of ether oxygens (including phenoxy) is 2. The molecule has 0 aromatic heterocycles. The first-order chi connectivity index (χ1) is 26.9. The van der Waals surface area contributed by atoms with Crippen molar-refractivity contribution in [2.45, 2.75) is 174 Å². The number of rotatable bonds is 40. The Morgan fingerprint density at radius 2 is 1.05 bits per heavy atom. The lowest BCUT2D eigenvalue weighted by Gasteiger charge is -2.19. The molecule has 0 saturated heterocycles. The van der Waals surface area contributed by atoms with Crippen LogP contribution in [0.2, 0.25) is 0 Å². The maximum absolute atomic E-state index is 12.6. The van der Waals surface area contributed by atoms with E-state index in [1.165, 1.54) is 83.5 Å². The molecular formula is C46H80NO7P. The number of hydrogen-bond acceptors (Lipinski definition) is 7. The van der Waals surface area contributed by atoms with Gasteiger partial charge >= 0.3 is 13.8 Å². The van der Waals surface area contributed by atoms with E-state index >= 15 is 0 Å². The predicted octanol–water partition coefficient (Wildman–Crippen LogP) is 13.3. The third kappa shape index (κ3) is 42.5. The fraction of sp³-hybridized carbons (Fsp3) is 0.674. The Bertz CT molecular complexity index is 1110. The molecule has 0 bridgehead atoms. The number of unbranched alkanes of at least 4 members (excludes halogenated alkanes) is 14. The van der Waals surface area contributed by atoms with Crippen LogP contribution in [0.1, 0.15) is 168 Å². The normalized spacial score (nSPS) is 14.3. The maximum Gasteiger partial charge on any atom is 0.472 e. The molecule has 2 atom stereocenters. The summed E-state index contributed by atoms with van der Waals surface area (Å²) in [5.41, 5.74) is 5.43. The Hall–Kier alpha value is -2.48. The molecule has 9 heteroatoms. The first kappa shape index (κ1) is 52.5. The smallest absolute Gasteiger partial charge is 0.472 e. The van der Waals surface area contributed by atoms with Crippen molar-refractivity contribution in [1.82, 2.24) is 0 Å². The Morgan fingerprint density at radius 3 is 1.55 bits per heavy atom. The lowest BCUT2D eigenvalue weighted by Crippen LogP contribution is -2.27. The van der Waals surface area contributed by atoms with E-state index < -0.39 is 19.9 Å². The van der Waals surface area contributed by atoms with Crippen LogP contribution in [0.3, 0.4) is 0 Å². The molecule has 55 heavy (non-hydrogen) atoms. The van der Waals surface area contributed by atoms with Gasteiger partial charge in [-0.2, -0.15) is 0 Å². The zero-order valence-electron chi connectivity index (χ0n) is 34.9. The number of allylic oxidation sites excluding steroid dienone is 13. The number of hydrogen-bond donors (Lipinski definition) is 2. The number of carbonyl (C=O) groups is 1. The van der Waals surface area contributed by atoms with Gasteiger partial charge < -0.3 is 20.1 Å². The van der Waals surface area contributed by atoms with Crippen molar-refractivity contribution in [2.75, 3.05) is 26.4 Å².